The van der Waals surface area contributed by atoms with E-state index in [1.54, 1.807) is 0 Å². The number of hydrogen-bond donors (Lipinski definition) is 1. The normalized spacial score (nSPS) is 44.4. The van der Waals surface area contributed by atoms with E-state index < -0.39 is 19.5 Å². The summed E-state index contributed by atoms with van der Waals surface area (Å²) in [6, 6.07) is 0. The largest absolute Gasteiger partial charge is 0.375 e. The van der Waals surface area contributed by atoms with Crippen molar-refractivity contribution in [1.82, 2.24) is 0 Å². The number of fused-ring (bicyclic) bond motifs is 1. The minimum atomic E-state index is -1.44. The Morgan fingerprint density at radius 1 is 1.29 bits per heavy atom. The molecule has 0 spiro atoms. The van der Waals surface area contributed by atoms with Gasteiger partial charge in [-0.25, -0.2) is 0 Å². The number of rotatable bonds is 1. The molecule has 4 heteroatoms. The van der Waals surface area contributed by atoms with Crippen molar-refractivity contribution in [2.45, 2.75) is 69.0 Å². The molecule has 0 aromatic heterocycles. The second-order valence-electron chi connectivity index (χ2n) is 6.77. The van der Waals surface area contributed by atoms with Crippen molar-refractivity contribution >= 4 is 8.07 Å². The van der Waals surface area contributed by atoms with Gasteiger partial charge in [0.15, 0.2) is 11.4 Å². The second kappa shape index (κ2) is 3.58. The van der Waals surface area contributed by atoms with E-state index in [1.165, 1.54) is 0 Å². The van der Waals surface area contributed by atoms with Crippen LogP contribution in [-0.4, -0.2) is 36.8 Å². The monoisotopic (exact) mass is 254 g/mol. The first-order valence-corrected chi connectivity index (χ1v) is 9.73. The van der Waals surface area contributed by atoms with Crippen molar-refractivity contribution in [1.29, 1.82) is 0 Å². The average Bonchev–Trinajstić information content (AvgIpc) is 2.60. The van der Waals surface area contributed by atoms with Crippen LogP contribution in [0.4, 0.5) is 0 Å². The molecule has 4 atom stereocenters. The van der Waals surface area contributed by atoms with Crippen molar-refractivity contribution < 1.29 is 14.6 Å². The lowest BCUT2D eigenvalue weighted by atomic mass is 10.0. The minimum absolute atomic E-state index is 0.0577. The first-order valence-electron chi connectivity index (χ1n) is 6.15. The Kier molecular flexibility index (Phi) is 2.76. The molecule has 96 valence electrons. The number of ether oxygens (including phenoxy) is 2. The molecule has 1 saturated heterocycles. The van der Waals surface area contributed by atoms with Crippen LogP contribution < -0.4 is 0 Å². The molecular weight excluding hydrogens is 232 g/mol. The molecule has 1 aliphatic carbocycles. The van der Waals surface area contributed by atoms with E-state index in [-0.39, 0.29) is 12.2 Å². The summed E-state index contributed by atoms with van der Waals surface area (Å²) in [7, 11) is -1.44. The smallest absolute Gasteiger partial charge is 0.163 e. The maximum Gasteiger partial charge on any atom is 0.163 e. The predicted octanol–water partition coefficient (Wildman–Crippen LogP) is 1.98. The number of terminal acetylenes is 1. The van der Waals surface area contributed by atoms with Crippen molar-refractivity contribution in [3.8, 4) is 12.3 Å². The second-order valence-corrected chi connectivity index (χ2v) is 12.2. The summed E-state index contributed by atoms with van der Waals surface area (Å²) in [4.78, 5) is 0. The maximum atomic E-state index is 10.5. The summed E-state index contributed by atoms with van der Waals surface area (Å²) in [5, 5.41) is 10.5. The van der Waals surface area contributed by atoms with Crippen LogP contribution >= 0.6 is 0 Å². The van der Waals surface area contributed by atoms with Gasteiger partial charge in [0.2, 0.25) is 0 Å². The van der Waals surface area contributed by atoms with Crippen LogP contribution in [0.15, 0.2) is 0 Å². The molecule has 2 aliphatic rings. The van der Waals surface area contributed by atoms with Gasteiger partial charge in [0.1, 0.15) is 6.10 Å². The molecule has 1 N–H and O–H groups in total. The fourth-order valence-electron chi connectivity index (χ4n) is 2.96. The third kappa shape index (κ3) is 2.06. The maximum absolute atomic E-state index is 10.5. The van der Waals surface area contributed by atoms with Crippen LogP contribution in [-0.2, 0) is 9.47 Å². The summed E-state index contributed by atoms with van der Waals surface area (Å²) in [6.45, 7) is 10.6. The Labute approximate surface area is 105 Å². The van der Waals surface area contributed by atoms with E-state index in [2.05, 4.69) is 25.6 Å². The Morgan fingerprint density at radius 3 is 2.35 bits per heavy atom. The van der Waals surface area contributed by atoms with E-state index in [0.29, 0.717) is 12.0 Å². The molecule has 0 radical (unpaired) electrons. The lowest BCUT2D eigenvalue weighted by Gasteiger charge is -2.31. The Hall–Kier alpha value is -0.343. The van der Waals surface area contributed by atoms with Crippen LogP contribution in [0.3, 0.4) is 0 Å². The highest BCUT2D eigenvalue weighted by Crippen LogP contribution is 2.52. The van der Waals surface area contributed by atoms with Crippen LogP contribution in [0.1, 0.15) is 20.3 Å². The molecule has 0 aromatic carbocycles. The zero-order valence-corrected chi connectivity index (χ0v) is 12.3. The molecule has 2 fully saturated rings. The predicted molar refractivity (Wildman–Crippen MR) is 69.3 cm³/mol. The van der Waals surface area contributed by atoms with Crippen LogP contribution in [0.5, 0.6) is 0 Å². The zero-order valence-electron chi connectivity index (χ0n) is 11.3. The van der Waals surface area contributed by atoms with Gasteiger partial charge in [0.25, 0.3) is 0 Å². The van der Waals surface area contributed by atoms with Gasteiger partial charge >= 0.3 is 0 Å². The highest BCUT2D eigenvalue weighted by atomic mass is 28.3. The summed E-state index contributed by atoms with van der Waals surface area (Å²) < 4.78 is 11.8. The summed E-state index contributed by atoms with van der Waals surface area (Å²) in [5.41, 5.74) is -0.820. The third-order valence-corrected chi connectivity index (χ3v) is 6.65. The summed E-state index contributed by atoms with van der Waals surface area (Å²) >= 11 is 0. The third-order valence-electron chi connectivity index (χ3n) is 3.89. The molecular formula is C13H22O3Si. The van der Waals surface area contributed by atoms with E-state index in [0.717, 1.165) is 0 Å². The standard InChI is InChI=1S/C13H22O3Si/c1-7-13(14)8-9(17(4,5)6)10-11(13)16-12(2,3)15-10/h1,9-11,14H,8H2,2-6H3/t9-,10-,11-,13?/m1/s1. The van der Waals surface area contributed by atoms with E-state index >= 15 is 0 Å². The fraction of sp³-hybridized carbons (Fsp3) is 0.846. The lowest BCUT2D eigenvalue weighted by molar-refractivity contribution is -0.169. The Bertz CT molecular complexity index is 366. The number of aliphatic hydroxyl groups is 1. The zero-order chi connectivity index (χ0) is 13.1. The topological polar surface area (TPSA) is 38.7 Å². The minimum Gasteiger partial charge on any atom is -0.375 e. The van der Waals surface area contributed by atoms with Crippen molar-refractivity contribution in [3.63, 3.8) is 0 Å². The Morgan fingerprint density at radius 2 is 1.88 bits per heavy atom. The van der Waals surface area contributed by atoms with Gasteiger partial charge in [-0.05, 0) is 25.8 Å². The molecule has 1 heterocycles. The number of hydrogen-bond acceptors (Lipinski definition) is 3. The van der Waals surface area contributed by atoms with E-state index in [1.807, 2.05) is 13.8 Å². The lowest BCUT2D eigenvalue weighted by Crippen LogP contribution is -2.40. The molecule has 0 aromatic rings. The Balaban J connectivity index is 2.35. The summed E-state index contributed by atoms with van der Waals surface area (Å²) in [6.07, 6.45) is 5.67. The average molecular weight is 254 g/mol. The van der Waals surface area contributed by atoms with Gasteiger partial charge in [-0.1, -0.05) is 25.6 Å². The molecule has 0 bridgehead atoms. The molecule has 1 aliphatic heterocycles. The SMILES string of the molecule is C#CC1(O)C[C@@H]([Si](C)(C)C)[C@H]2OC(C)(C)O[C@H]21. The first kappa shape index (κ1) is 13.1. The quantitative estimate of drug-likeness (QED) is 0.574. The molecule has 1 unspecified atom stereocenters. The van der Waals surface area contributed by atoms with Gasteiger partial charge in [0.05, 0.1) is 14.2 Å². The molecule has 17 heavy (non-hydrogen) atoms. The summed E-state index contributed by atoms with van der Waals surface area (Å²) in [5.74, 6) is 1.88. The fourth-order valence-corrected chi connectivity index (χ4v) is 5.11. The van der Waals surface area contributed by atoms with Crippen molar-refractivity contribution in [2.24, 2.45) is 0 Å². The van der Waals surface area contributed by atoms with Gasteiger partial charge < -0.3 is 14.6 Å². The molecule has 0 amide bonds. The van der Waals surface area contributed by atoms with Gasteiger partial charge in [-0.2, -0.15) is 0 Å². The van der Waals surface area contributed by atoms with Crippen LogP contribution in [0.2, 0.25) is 25.2 Å². The molecule has 1 saturated carbocycles. The van der Waals surface area contributed by atoms with Gasteiger partial charge in [-0.3, -0.25) is 0 Å². The highest BCUT2D eigenvalue weighted by molar-refractivity contribution is 6.77. The molecule has 2 rings (SSSR count). The highest BCUT2D eigenvalue weighted by Gasteiger charge is 2.62. The van der Waals surface area contributed by atoms with Crippen LogP contribution in [0, 0.1) is 12.3 Å². The van der Waals surface area contributed by atoms with E-state index in [4.69, 9.17) is 15.9 Å². The first-order chi connectivity index (χ1) is 7.59. The van der Waals surface area contributed by atoms with Gasteiger partial charge in [0, 0.05) is 0 Å². The van der Waals surface area contributed by atoms with Gasteiger partial charge in [-0.15, -0.1) is 6.42 Å². The van der Waals surface area contributed by atoms with Crippen molar-refractivity contribution in [3.05, 3.63) is 0 Å². The van der Waals surface area contributed by atoms with Crippen molar-refractivity contribution in [2.75, 3.05) is 0 Å². The van der Waals surface area contributed by atoms with Crippen LogP contribution in [0.25, 0.3) is 0 Å². The molecule has 3 nitrogen and oxygen atoms in total. The van der Waals surface area contributed by atoms with E-state index in [9.17, 15) is 5.11 Å².